The topological polar surface area (TPSA) is 51.5 Å². The van der Waals surface area contributed by atoms with Crippen molar-refractivity contribution in [3.05, 3.63) is 60.4 Å². The molecule has 0 spiro atoms. The fourth-order valence-electron chi connectivity index (χ4n) is 2.08. The third-order valence-electron chi connectivity index (χ3n) is 2.99. The average molecular weight is 267 g/mol. The SMILES string of the molecule is COc1c(C(=O)Nc2ccccc2)oc2ccccc12. The van der Waals surface area contributed by atoms with Gasteiger partial charge in [-0.25, -0.2) is 0 Å². The molecule has 0 atom stereocenters. The van der Waals surface area contributed by atoms with Gasteiger partial charge in [0, 0.05) is 5.69 Å². The molecule has 3 aromatic rings. The molecule has 1 heterocycles. The van der Waals surface area contributed by atoms with E-state index in [4.69, 9.17) is 9.15 Å². The van der Waals surface area contributed by atoms with Gasteiger partial charge in [0.2, 0.25) is 5.76 Å². The molecule has 1 N–H and O–H groups in total. The Balaban J connectivity index is 1.99. The number of methoxy groups -OCH3 is 1. The van der Waals surface area contributed by atoms with Crippen molar-refractivity contribution in [2.24, 2.45) is 0 Å². The quantitative estimate of drug-likeness (QED) is 0.787. The number of carbonyl (C=O) groups is 1. The summed E-state index contributed by atoms with van der Waals surface area (Å²) < 4.78 is 10.9. The molecular formula is C16H13NO3. The molecule has 0 fully saturated rings. The second-order valence-electron chi connectivity index (χ2n) is 4.28. The number of hydrogen-bond donors (Lipinski definition) is 1. The number of furan rings is 1. The lowest BCUT2D eigenvalue weighted by Gasteiger charge is -2.04. The number of ether oxygens (including phenoxy) is 1. The van der Waals surface area contributed by atoms with E-state index in [1.807, 2.05) is 48.5 Å². The molecule has 0 aliphatic heterocycles. The van der Waals surface area contributed by atoms with Crippen LogP contribution in [0.2, 0.25) is 0 Å². The van der Waals surface area contributed by atoms with Gasteiger partial charge >= 0.3 is 0 Å². The summed E-state index contributed by atoms with van der Waals surface area (Å²) in [6.07, 6.45) is 0. The van der Waals surface area contributed by atoms with Gasteiger partial charge in [0.1, 0.15) is 5.58 Å². The van der Waals surface area contributed by atoms with E-state index in [0.717, 1.165) is 5.39 Å². The number of para-hydroxylation sites is 2. The smallest absolute Gasteiger partial charge is 0.295 e. The Morgan fingerprint density at radius 3 is 2.50 bits per heavy atom. The number of carbonyl (C=O) groups excluding carboxylic acids is 1. The first-order valence-electron chi connectivity index (χ1n) is 6.21. The van der Waals surface area contributed by atoms with Gasteiger partial charge in [0.05, 0.1) is 12.5 Å². The van der Waals surface area contributed by atoms with E-state index in [2.05, 4.69) is 5.32 Å². The van der Waals surface area contributed by atoms with Gasteiger partial charge in [0.25, 0.3) is 5.91 Å². The fraction of sp³-hybridized carbons (Fsp3) is 0.0625. The van der Waals surface area contributed by atoms with Crippen LogP contribution in [0.3, 0.4) is 0 Å². The molecule has 0 bridgehead atoms. The van der Waals surface area contributed by atoms with Crippen LogP contribution in [0.25, 0.3) is 11.0 Å². The summed E-state index contributed by atoms with van der Waals surface area (Å²) in [6, 6.07) is 16.6. The highest BCUT2D eigenvalue weighted by atomic mass is 16.5. The molecule has 0 aliphatic rings. The van der Waals surface area contributed by atoms with Crippen molar-refractivity contribution in [2.75, 3.05) is 12.4 Å². The Labute approximate surface area is 116 Å². The minimum Gasteiger partial charge on any atom is -0.492 e. The van der Waals surface area contributed by atoms with Crippen molar-refractivity contribution < 1.29 is 13.9 Å². The van der Waals surface area contributed by atoms with Gasteiger partial charge < -0.3 is 14.5 Å². The van der Waals surface area contributed by atoms with E-state index in [-0.39, 0.29) is 11.7 Å². The van der Waals surface area contributed by atoms with Gasteiger partial charge in [-0.3, -0.25) is 4.79 Å². The number of rotatable bonds is 3. The number of hydrogen-bond acceptors (Lipinski definition) is 3. The molecule has 20 heavy (non-hydrogen) atoms. The number of anilines is 1. The maximum Gasteiger partial charge on any atom is 0.295 e. The van der Waals surface area contributed by atoms with Gasteiger partial charge in [-0.05, 0) is 24.3 Å². The van der Waals surface area contributed by atoms with E-state index in [9.17, 15) is 4.79 Å². The molecule has 4 heteroatoms. The molecule has 2 aromatic carbocycles. The third-order valence-corrected chi connectivity index (χ3v) is 2.99. The first-order chi connectivity index (χ1) is 9.79. The summed E-state index contributed by atoms with van der Waals surface area (Å²) in [7, 11) is 1.52. The average Bonchev–Trinajstić information content (AvgIpc) is 2.87. The van der Waals surface area contributed by atoms with Crippen LogP contribution in [0.5, 0.6) is 5.75 Å². The van der Waals surface area contributed by atoms with Gasteiger partial charge in [0.15, 0.2) is 5.75 Å². The summed E-state index contributed by atoms with van der Waals surface area (Å²) in [5.74, 6) is 0.302. The fourth-order valence-corrected chi connectivity index (χ4v) is 2.08. The normalized spacial score (nSPS) is 10.4. The van der Waals surface area contributed by atoms with Gasteiger partial charge in [-0.1, -0.05) is 30.3 Å². The molecule has 0 aliphatic carbocycles. The predicted molar refractivity (Wildman–Crippen MR) is 77.2 cm³/mol. The summed E-state index contributed by atoms with van der Waals surface area (Å²) in [5.41, 5.74) is 1.34. The van der Waals surface area contributed by atoms with E-state index < -0.39 is 0 Å². The molecular weight excluding hydrogens is 254 g/mol. The molecule has 100 valence electrons. The maximum atomic E-state index is 12.3. The lowest BCUT2D eigenvalue weighted by Crippen LogP contribution is -2.11. The second-order valence-corrected chi connectivity index (χ2v) is 4.28. The van der Waals surface area contributed by atoms with Crippen molar-refractivity contribution in [3.63, 3.8) is 0 Å². The first kappa shape index (κ1) is 12.3. The number of benzene rings is 2. The van der Waals surface area contributed by atoms with Crippen LogP contribution in [0.15, 0.2) is 59.0 Å². The van der Waals surface area contributed by atoms with Crippen molar-refractivity contribution in [2.45, 2.75) is 0 Å². The van der Waals surface area contributed by atoms with Crippen LogP contribution in [0.4, 0.5) is 5.69 Å². The zero-order valence-corrected chi connectivity index (χ0v) is 10.9. The summed E-state index contributed by atoms with van der Waals surface area (Å²) in [6.45, 7) is 0. The zero-order chi connectivity index (χ0) is 13.9. The summed E-state index contributed by atoms with van der Waals surface area (Å²) in [4.78, 5) is 12.3. The molecule has 3 rings (SSSR count). The molecule has 1 aromatic heterocycles. The number of nitrogens with one attached hydrogen (secondary N) is 1. The van der Waals surface area contributed by atoms with Gasteiger partial charge in [-0.2, -0.15) is 0 Å². The molecule has 0 saturated carbocycles. The van der Waals surface area contributed by atoms with Crippen LogP contribution in [-0.2, 0) is 0 Å². The van der Waals surface area contributed by atoms with Crippen LogP contribution in [0.1, 0.15) is 10.6 Å². The number of amides is 1. The Hall–Kier alpha value is -2.75. The molecule has 4 nitrogen and oxygen atoms in total. The third kappa shape index (κ3) is 2.12. The van der Waals surface area contributed by atoms with Crippen LogP contribution < -0.4 is 10.1 Å². The molecule has 0 radical (unpaired) electrons. The Morgan fingerprint density at radius 2 is 1.75 bits per heavy atom. The van der Waals surface area contributed by atoms with Crippen LogP contribution in [-0.4, -0.2) is 13.0 Å². The zero-order valence-electron chi connectivity index (χ0n) is 10.9. The van der Waals surface area contributed by atoms with E-state index >= 15 is 0 Å². The highest BCUT2D eigenvalue weighted by Crippen LogP contribution is 2.33. The van der Waals surface area contributed by atoms with E-state index in [0.29, 0.717) is 17.0 Å². The number of fused-ring (bicyclic) bond motifs is 1. The minimum absolute atomic E-state index is 0.178. The molecule has 1 amide bonds. The van der Waals surface area contributed by atoms with Crippen LogP contribution in [0, 0.1) is 0 Å². The molecule has 0 saturated heterocycles. The standard InChI is InChI=1S/C16H13NO3/c1-19-14-12-9-5-6-10-13(12)20-15(14)16(18)17-11-7-3-2-4-8-11/h2-10H,1H3,(H,17,18). The highest BCUT2D eigenvalue weighted by Gasteiger charge is 2.21. The van der Waals surface area contributed by atoms with E-state index in [1.165, 1.54) is 7.11 Å². The van der Waals surface area contributed by atoms with Crippen molar-refractivity contribution in [3.8, 4) is 5.75 Å². The largest absolute Gasteiger partial charge is 0.492 e. The monoisotopic (exact) mass is 267 g/mol. The Kier molecular flexibility index (Phi) is 3.13. The maximum absolute atomic E-state index is 12.3. The van der Waals surface area contributed by atoms with Crippen LogP contribution >= 0.6 is 0 Å². The second kappa shape index (κ2) is 5.09. The van der Waals surface area contributed by atoms with Crippen molar-refractivity contribution in [1.82, 2.24) is 0 Å². The Bertz CT molecular complexity index is 747. The van der Waals surface area contributed by atoms with E-state index in [1.54, 1.807) is 6.07 Å². The lowest BCUT2D eigenvalue weighted by atomic mass is 10.2. The lowest BCUT2D eigenvalue weighted by molar-refractivity contribution is 0.0994. The van der Waals surface area contributed by atoms with Gasteiger partial charge in [-0.15, -0.1) is 0 Å². The summed E-state index contributed by atoms with van der Waals surface area (Å²) >= 11 is 0. The Morgan fingerprint density at radius 1 is 1.05 bits per heavy atom. The minimum atomic E-state index is -0.329. The predicted octanol–water partition coefficient (Wildman–Crippen LogP) is 3.69. The highest BCUT2D eigenvalue weighted by molar-refractivity contribution is 6.08. The van der Waals surface area contributed by atoms with Crippen molar-refractivity contribution >= 4 is 22.6 Å². The first-order valence-corrected chi connectivity index (χ1v) is 6.21. The van der Waals surface area contributed by atoms with Crippen molar-refractivity contribution in [1.29, 1.82) is 0 Å². The molecule has 0 unspecified atom stereocenters. The summed E-state index contributed by atoms with van der Waals surface area (Å²) in [5, 5.41) is 3.57.